The molecular formula is C21H17N7O4S2. The molecule has 1 N–H and O–H groups in total. The number of aromatic nitrogens is 3. The fraction of sp³-hybridized carbons (Fsp3) is 0.190. The van der Waals surface area contributed by atoms with E-state index in [1.807, 2.05) is 6.92 Å². The number of amides is 1. The number of benzene rings is 1. The summed E-state index contributed by atoms with van der Waals surface area (Å²) in [5.74, 6) is 0.316. The first-order valence-corrected chi connectivity index (χ1v) is 11.8. The molecule has 2 aromatic heterocycles. The third-order valence-electron chi connectivity index (χ3n) is 4.91. The summed E-state index contributed by atoms with van der Waals surface area (Å²) in [6.45, 7) is 2.03. The highest BCUT2D eigenvalue weighted by Crippen LogP contribution is 2.31. The van der Waals surface area contributed by atoms with Crippen molar-refractivity contribution in [1.82, 2.24) is 19.6 Å². The maximum absolute atomic E-state index is 12.4. The lowest BCUT2D eigenvalue weighted by molar-refractivity contribution is -0.114. The van der Waals surface area contributed by atoms with Gasteiger partial charge in [0, 0.05) is 6.07 Å². The Morgan fingerprint density at radius 2 is 2.06 bits per heavy atom. The summed E-state index contributed by atoms with van der Waals surface area (Å²) in [6.07, 6.45) is 2.28. The van der Waals surface area contributed by atoms with Crippen LogP contribution in [0.1, 0.15) is 23.2 Å². The van der Waals surface area contributed by atoms with Crippen LogP contribution in [0, 0.1) is 5.41 Å². The largest absolute Gasteiger partial charge is 0.493 e. The predicted molar refractivity (Wildman–Crippen MR) is 130 cm³/mol. The van der Waals surface area contributed by atoms with Crippen molar-refractivity contribution in [3.8, 4) is 11.5 Å². The molecule has 2 aliphatic heterocycles. The normalized spacial score (nSPS) is 16.4. The van der Waals surface area contributed by atoms with Crippen molar-refractivity contribution in [2.45, 2.75) is 20.0 Å². The third kappa shape index (κ3) is 3.99. The zero-order valence-electron chi connectivity index (χ0n) is 18.0. The molecule has 0 atom stereocenters. The molecule has 13 heteroatoms. The van der Waals surface area contributed by atoms with Crippen LogP contribution in [-0.2, 0) is 17.8 Å². The van der Waals surface area contributed by atoms with E-state index < -0.39 is 5.91 Å². The number of fused-ring (bicyclic) bond motifs is 2. The van der Waals surface area contributed by atoms with Crippen LogP contribution in [0.2, 0.25) is 0 Å². The highest BCUT2D eigenvalue weighted by atomic mass is 32.2. The van der Waals surface area contributed by atoms with Gasteiger partial charge in [0.2, 0.25) is 4.96 Å². The van der Waals surface area contributed by atoms with E-state index >= 15 is 0 Å². The number of amidine groups is 2. The van der Waals surface area contributed by atoms with Crippen LogP contribution < -0.4 is 15.0 Å². The molecule has 34 heavy (non-hydrogen) atoms. The van der Waals surface area contributed by atoms with E-state index in [2.05, 4.69) is 20.2 Å². The van der Waals surface area contributed by atoms with Gasteiger partial charge in [0.15, 0.2) is 22.5 Å². The quantitative estimate of drug-likeness (QED) is 0.516. The predicted octanol–water partition coefficient (Wildman–Crippen LogP) is 2.55. The van der Waals surface area contributed by atoms with Crippen molar-refractivity contribution in [2.24, 2.45) is 10.1 Å². The minimum atomic E-state index is -0.504. The van der Waals surface area contributed by atoms with E-state index in [0.717, 1.165) is 11.4 Å². The summed E-state index contributed by atoms with van der Waals surface area (Å²) in [5.41, 5.74) is 2.48. The zero-order chi connectivity index (χ0) is 23.8. The van der Waals surface area contributed by atoms with E-state index in [4.69, 9.17) is 14.9 Å². The lowest BCUT2D eigenvalue weighted by Gasteiger charge is -2.20. The third-order valence-corrected chi connectivity index (χ3v) is 6.64. The molecule has 172 valence electrons. The van der Waals surface area contributed by atoms with E-state index in [1.165, 1.54) is 51.3 Å². The van der Waals surface area contributed by atoms with Gasteiger partial charge in [0.25, 0.3) is 11.5 Å². The van der Waals surface area contributed by atoms with E-state index in [9.17, 15) is 9.59 Å². The number of hydrogen-bond donors (Lipinski definition) is 1. The number of carbonyl (C=O) groups is 1. The van der Waals surface area contributed by atoms with Crippen LogP contribution in [0.4, 0.5) is 0 Å². The van der Waals surface area contributed by atoms with E-state index in [-0.39, 0.29) is 23.6 Å². The SMILES string of the molecule is CCc1nn2c(=O)cc(COc3ccc(/C=C4/C(=N)N5N=CSC5=NC4=O)cc3OC)nc2s1. The van der Waals surface area contributed by atoms with Crippen molar-refractivity contribution in [2.75, 3.05) is 7.11 Å². The summed E-state index contributed by atoms with van der Waals surface area (Å²) >= 11 is 2.55. The van der Waals surface area contributed by atoms with Gasteiger partial charge in [-0.2, -0.15) is 24.7 Å². The van der Waals surface area contributed by atoms with Gasteiger partial charge in [-0.05, 0) is 42.0 Å². The minimum Gasteiger partial charge on any atom is -0.493 e. The van der Waals surface area contributed by atoms with Gasteiger partial charge < -0.3 is 9.47 Å². The topological polar surface area (TPSA) is 135 Å². The highest BCUT2D eigenvalue weighted by Gasteiger charge is 2.32. The van der Waals surface area contributed by atoms with Gasteiger partial charge in [-0.25, -0.2) is 4.98 Å². The lowest BCUT2D eigenvalue weighted by Crippen LogP contribution is -2.35. The van der Waals surface area contributed by atoms with Crippen LogP contribution in [0.3, 0.4) is 0 Å². The first-order chi connectivity index (χ1) is 16.5. The number of aryl methyl sites for hydroxylation is 1. The Labute approximate surface area is 200 Å². The van der Waals surface area contributed by atoms with Crippen LogP contribution in [0.15, 0.2) is 44.7 Å². The molecular weight excluding hydrogens is 478 g/mol. The maximum Gasteiger partial charge on any atom is 0.283 e. The molecule has 0 spiro atoms. The number of thioether (sulfide) groups is 1. The highest BCUT2D eigenvalue weighted by molar-refractivity contribution is 8.25. The zero-order valence-corrected chi connectivity index (χ0v) is 19.6. The summed E-state index contributed by atoms with van der Waals surface area (Å²) < 4.78 is 12.6. The second-order valence-electron chi connectivity index (χ2n) is 7.09. The molecule has 0 bridgehead atoms. The first-order valence-electron chi connectivity index (χ1n) is 10.1. The molecule has 4 heterocycles. The van der Waals surface area contributed by atoms with Crippen molar-refractivity contribution < 1.29 is 14.3 Å². The van der Waals surface area contributed by atoms with Crippen LogP contribution >= 0.6 is 23.1 Å². The van der Waals surface area contributed by atoms with Gasteiger partial charge in [-0.3, -0.25) is 15.0 Å². The number of methoxy groups -OCH3 is 1. The Hall–Kier alpha value is -3.84. The number of ether oxygens (including phenoxy) is 2. The molecule has 2 aliphatic rings. The van der Waals surface area contributed by atoms with Crippen LogP contribution in [-0.4, -0.2) is 49.2 Å². The van der Waals surface area contributed by atoms with Crippen molar-refractivity contribution in [3.05, 3.63) is 56.5 Å². The number of carbonyl (C=O) groups excluding carboxylic acids is 1. The van der Waals surface area contributed by atoms with Gasteiger partial charge in [0.1, 0.15) is 11.6 Å². The van der Waals surface area contributed by atoms with Gasteiger partial charge in [-0.15, -0.1) is 0 Å². The average molecular weight is 496 g/mol. The summed E-state index contributed by atoms with van der Waals surface area (Å²) in [5, 5.41) is 19.1. The summed E-state index contributed by atoms with van der Waals surface area (Å²) in [6, 6.07) is 6.50. The fourth-order valence-corrected chi connectivity index (χ4v) is 4.73. The fourth-order valence-electron chi connectivity index (χ4n) is 3.26. The maximum atomic E-state index is 12.4. The lowest BCUT2D eigenvalue weighted by atomic mass is 10.1. The summed E-state index contributed by atoms with van der Waals surface area (Å²) in [4.78, 5) is 33.7. The van der Waals surface area contributed by atoms with Crippen molar-refractivity contribution >= 4 is 56.6 Å². The Balaban J connectivity index is 1.37. The molecule has 1 amide bonds. The molecule has 0 unspecified atom stereocenters. The molecule has 0 saturated heterocycles. The Morgan fingerprint density at radius 1 is 1.21 bits per heavy atom. The molecule has 0 radical (unpaired) electrons. The number of rotatable bonds is 6. The Kier molecular flexibility index (Phi) is 5.71. The van der Waals surface area contributed by atoms with E-state index in [1.54, 1.807) is 24.3 Å². The minimum absolute atomic E-state index is 0.0439. The number of nitrogens with one attached hydrogen (secondary N) is 1. The van der Waals surface area contributed by atoms with Crippen LogP contribution in [0.5, 0.6) is 11.5 Å². The molecule has 0 saturated carbocycles. The van der Waals surface area contributed by atoms with E-state index in [0.29, 0.717) is 32.9 Å². The molecule has 0 fully saturated rings. The second kappa shape index (κ2) is 8.83. The molecule has 5 rings (SSSR count). The average Bonchev–Trinajstić information content (AvgIpc) is 3.47. The number of nitrogens with zero attached hydrogens (tertiary/aromatic N) is 6. The molecule has 0 aliphatic carbocycles. The second-order valence-corrected chi connectivity index (χ2v) is 8.94. The van der Waals surface area contributed by atoms with Crippen molar-refractivity contribution in [3.63, 3.8) is 0 Å². The molecule has 1 aromatic carbocycles. The monoisotopic (exact) mass is 495 g/mol. The van der Waals surface area contributed by atoms with Crippen LogP contribution in [0.25, 0.3) is 11.0 Å². The smallest absolute Gasteiger partial charge is 0.283 e. The molecule has 3 aromatic rings. The Morgan fingerprint density at radius 3 is 2.85 bits per heavy atom. The van der Waals surface area contributed by atoms with Gasteiger partial charge in [0.05, 0.1) is 23.9 Å². The number of aliphatic imine (C=N–C) groups is 1. The van der Waals surface area contributed by atoms with Gasteiger partial charge >= 0.3 is 0 Å². The standard InChI is InChI=1S/C21H17N7O4S2/c1-3-16-26-27-17(29)8-12(24-21(27)34-16)9-32-14-5-4-11(7-15(14)31-2)6-13-18(22)28-20(25-19(13)30)33-10-23-28/h4-8,10,22H,3,9H2,1-2H3/b13-6-,22-18?. The Bertz CT molecular complexity index is 1490. The molecule has 11 nitrogen and oxygen atoms in total. The number of hydrogen-bond acceptors (Lipinski definition) is 10. The first kappa shape index (κ1) is 22.0. The van der Waals surface area contributed by atoms with Crippen molar-refractivity contribution in [1.29, 1.82) is 5.41 Å². The summed E-state index contributed by atoms with van der Waals surface area (Å²) in [7, 11) is 1.50. The number of hydrazone groups is 1. The van der Waals surface area contributed by atoms with Gasteiger partial charge in [-0.1, -0.05) is 24.3 Å².